The smallest absolute Gasteiger partial charge is 0.191 e. The maximum absolute atomic E-state index is 11.0. The normalized spacial score (nSPS) is 12.0. The maximum Gasteiger partial charge on any atom is 0.191 e. The van der Waals surface area contributed by atoms with Crippen molar-refractivity contribution in [2.24, 2.45) is 4.99 Å². The van der Waals surface area contributed by atoms with Crippen LogP contribution in [-0.4, -0.2) is 64.7 Å². The topological polar surface area (TPSA) is 95.6 Å². The van der Waals surface area contributed by atoms with Gasteiger partial charge in [0.1, 0.15) is 9.84 Å². The van der Waals surface area contributed by atoms with Crippen LogP contribution in [0.1, 0.15) is 5.56 Å². The average molecular weight is 494 g/mol. The molecule has 1 aromatic heterocycles. The number of halogens is 1. The highest BCUT2D eigenvalue weighted by molar-refractivity contribution is 14.0. The summed E-state index contributed by atoms with van der Waals surface area (Å²) < 4.78 is 27.3. The number of rotatable bonds is 9. The minimum atomic E-state index is -2.97. The molecule has 9 heteroatoms. The van der Waals surface area contributed by atoms with Crippen molar-refractivity contribution in [3.05, 3.63) is 36.0 Å². The molecular weight excluding hydrogens is 467 g/mol. The van der Waals surface area contributed by atoms with Gasteiger partial charge in [0.2, 0.25) is 0 Å². The number of benzene rings is 1. The van der Waals surface area contributed by atoms with Gasteiger partial charge in [0, 0.05) is 43.5 Å². The van der Waals surface area contributed by atoms with Crippen LogP contribution in [0.3, 0.4) is 0 Å². The van der Waals surface area contributed by atoms with Crippen LogP contribution in [0.5, 0.6) is 0 Å². The van der Waals surface area contributed by atoms with E-state index < -0.39 is 9.84 Å². The standard InChI is InChI=1S/C17H26N4O3S.HI/c1-18-17(20-9-10-24-11-12-25(2,22)23)19-8-7-14-13-21-16-6-4-3-5-15(14)16;/h3-6,13,21H,7-12H2,1-2H3,(H2,18,19,20);1H. The van der Waals surface area contributed by atoms with E-state index in [4.69, 9.17) is 4.74 Å². The first-order chi connectivity index (χ1) is 12.0. The lowest BCUT2D eigenvalue weighted by molar-refractivity contribution is 0.154. The van der Waals surface area contributed by atoms with Gasteiger partial charge in [0.05, 0.1) is 19.0 Å². The Hall–Kier alpha value is -1.33. The summed E-state index contributed by atoms with van der Waals surface area (Å²) in [5.41, 5.74) is 2.41. The maximum atomic E-state index is 11.0. The third kappa shape index (κ3) is 7.92. The molecule has 0 radical (unpaired) electrons. The third-order valence-corrected chi connectivity index (χ3v) is 4.63. The van der Waals surface area contributed by atoms with E-state index in [0.29, 0.717) is 19.1 Å². The number of fused-ring (bicyclic) bond motifs is 1. The second-order valence-corrected chi connectivity index (χ2v) is 8.04. The van der Waals surface area contributed by atoms with E-state index in [1.807, 2.05) is 18.3 Å². The Labute approximate surface area is 171 Å². The molecule has 2 rings (SSSR count). The van der Waals surface area contributed by atoms with E-state index in [2.05, 4.69) is 32.7 Å². The van der Waals surface area contributed by atoms with Gasteiger partial charge in [-0.15, -0.1) is 24.0 Å². The number of nitrogens with one attached hydrogen (secondary N) is 3. The predicted molar refractivity (Wildman–Crippen MR) is 117 cm³/mol. The van der Waals surface area contributed by atoms with E-state index in [0.717, 1.165) is 18.5 Å². The van der Waals surface area contributed by atoms with Gasteiger partial charge < -0.3 is 20.4 Å². The molecule has 7 nitrogen and oxygen atoms in total. The van der Waals surface area contributed by atoms with Gasteiger partial charge in [-0.25, -0.2) is 8.42 Å². The molecule has 0 aliphatic carbocycles. The Morgan fingerprint density at radius 1 is 1.19 bits per heavy atom. The SMILES string of the molecule is CN=C(NCCOCCS(C)(=O)=O)NCCc1c[nH]c2ccccc12.I. The molecule has 0 atom stereocenters. The molecule has 0 saturated heterocycles. The largest absolute Gasteiger partial charge is 0.379 e. The number of hydrogen-bond acceptors (Lipinski definition) is 4. The van der Waals surface area contributed by atoms with Gasteiger partial charge in [-0.05, 0) is 18.1 Å². The number of nitrogens with zero attached hydrogens (tertiary/aromatic N) is 1. The molecule has 0 saturated carbocycles. The first kappa shape index (κ1) is 22.7. The molecule has 2 aromatic rings. The molecule has 0 spiro atoms. The van der Waals surface area contributed by atoms with Crippen molar-refractivity contribution in [1.82, 2.24) is 15.6 Å². The average Bonchev–Trinajstić information content (AvgIpc) is 2.98. The Kier molecular flexibility index (Phi) is 9.96. The quantitative estimate of drug-likeness (QED) is 0.213. The number of ether oxygens (including phenoxy) is 1. The number of aromatic amines is 1. The van der Waals surface area contributed by atoms with Crippen LogP contribution in [0.4, 0.5) is 0 Å². The summed E-state index contributed by atoms with van der Waals surface area (Å²) in [7, 11) is -1.25. The first-order valence-electron chi connectivity index (χ1n) is 8.24. The van der Waals surface area contributed by atoms with Crippen molar-refractivity contribution in [1.29, 1.82) is 0 Å². The molecule has 1 heterocycles. The number of para-hydroxylation sites is 1. The van der Waals surface area contributed by atoms with Crippen LogP contribution in [0, 0.1) is 0 Å². The Bertz CT molecular complexity index is 805. The van der Waals surface area contributed by atoms with Gasteiger partial charge in [0.15, 0.2) is 5.96 Å². The summed E-state index contributed by atoms with van der Waals surface area (Å²) in [5.74, 6) is 0.747. The molecular formula is C17H27IN4O3S. The van der Waals surface area contributed by atoms with Crippen molar-refractivity contribution < 1.29 is 13.2 Å². The van der Waals surface area contributed by atoms with Crippen LogP contribution in [0.2, 0.25) is 0 Å². The summed E-state index contributed by atoms with van der Waals surface area (Å²) in [5, 5.41) is 7.64. The molecule has 0 aliphatic heterocycles. The van der Waals surface area contributed by atoms with Gasteiger partial charge in [-0.3, -0.25) is 4.99 Å². The van der Waals surface area contributed by atoms with Crippen molar-refractivity contribution in [3.63, 3.8) is 0 Å². The van der Waals surface area contributed by atoms with Gasteiger partial charge in [-0.2, -0.15) is 0 Å². The lowest BCUT2D eigenvalue weighted by Crippen LogP contribution is -2.39. The monoisotopic (exact) mass is 494 g/mol. The molecule has 0 unspecified atom stereocenters. The van der Waals surface area contributed by atoms with Gasteiger partial charge in [0.25, 0.3) is 0 Å². The molecule has 0 amide bonds. The number of hydrogen-bond donors (Lipinski definition) is 3. The highest BCUT2D eigenvalue weighted by atomic mass is 127. The lowest BCUT2D eigenvalue weighted by Gasteiger charge is -2.12. The summed E-state index contributed by atoms with van der Waals surface area (Å²) in [4.78, 5) is 7.43. The van der Waals surface area contributed by atoms with Crippen LogP contribution >= 0.6 is 24.0 Å². The minimum Gasteiger partial charge on any atom is -0.379 e. The Morgan fingerprint density at radius 3 is 2.65 bits per heavy atom. The zero-order chi connectivity index (χ0) is 18.1. The zero-order valence-electron chi connectivity index (χ0n) is 15.1. The van der Waals surface area contributed by atoms with E-state index in [-0.39, 0.29) is 36.3 Å². The lowest BCUT2D eigenvalue weighted by atomic mass is 10.1. The number of aliphatic imine (C=N–C) groups is 1. The van der Waals surface area contributed by atoms with Crippen molar-refractivity contribution >= 4 is 50.7 Å². The predicted octanol–water partition coefficient (Wildman–Crippen LogP) is 1.55. The van der Waals surface area contributed by atoms with E-state index >= 15 is 0 Å². The molecule has 0 fully saturated rings. The number of H-pyrrole nitrogens is 1. The Morgan fingerprint density at radius 2 is 1.92 bits per heavy atom. The number of guanidine groups is 1. The fraction of sp³-hybridized carbons (Fsp3) is 0.471. The summed E-state index contributed by atoms with van der Waals surface area (Å²) >= 11 is 0. The van der Waals surface area contributed by atoms with E-state index in [9.17, 15) is 8.42 Å². The third-order valence-electron chi connectivity index (χ3n) is 3.72. The fourth-order valence-corrected chi connectivity index (χ4v) is 2.85. The van der Waals surface area contributed by atoms with Crippen LogP contribution in [0.15, 0.2) is 35.5 Å². The fourth-order valence-electron chi connectivity index (χ4n) is 2.43. The van der Waals surface area contributed by atoms with Gasteiger partial charge in [-0.1, -0.05) is 18.2 Å². The number of sulfone groups is 1. The molecule has 26 heavy (non-hydrogen) atoms. The van der Waals surface area contributed by atoms with E-state index in [1.54, 1.807) is 7.05 Å². The van der Waals surface area contributed by atoms with Gasteiger partial charge >= 0.3 is 0 Å². The number of aromatic nitrogens is 1. The molecule has 0 bridgehead atoms. The molecule has 0 aliphatic rings. The van der Waals surface area contributed by atoms with Crippen molar-refractivity contribution in [2.45, 2.75) is 6.42 Å². The molecule has 1 aromatic carbocycles. The highest BCUT2D eigenvalue weighted by Gasteiger charge is 2.04. The highest BCUT2D eigenvalue weighted by Crippen LogP contribution is 2.17. The van der Waals surface area contributed by atoms with Crippen LogP contribution in [0.25, 0.3) is 10.9 Å². The second-order valence-electron chi connectivity index (χ2n) is 5.78. The zero-order valence-corrected chi connectivity index (χ0v) is 18.3. The first-order valence-corrected chi connectivity index (χ1v) is 10.3. The van der Waals surface area contributed by atoms with Crippen LogP contribution in [-0.2, 0) is 21.0 Å². The van der Waals surface area contributed by atoms with Crippen molar-refractivity contribution in [2.75, 3.05) is 45.4 Å². The second kappa shape index (κ2) is 11.4. The Balaban J connectivity index is 0.00000338. The summed E-state index contributed by atoms with van der Waals surface area (Å²) in [6.45, 7) is 1.97. The van der Waals surface area contributed by atoms with E-state index in [1.165, 1.54) is 17.2 Å². The summed E-state index contributed by atoms with van der Waals surface area (Å²) in [6, 6.07) is 8.24. The van der Waals surface area contributed by atoms with Crippen molar-refractivity contribution in [3.8, 4) is 0 Å². The molecule has 3 N–H and O–H groups in total. The van der Waals surface area contributed by atoms with Crippen LogP contribution < -0.4 is 10.6 Å². The summed E-state index contributed by atoms with van der Waals surface area (Å²) in [6.07, 6.45) is 4.13. The minimum absolute atomic E-state index is 0. The molecule has 146 valence electrons.